The third kappa shape index (κ3) is 12.1. The van der Waals surface area contributed by atoms with Gasteiger partial charge in [0.1, 0.15) is 11.0 Å². The maximum atomic E-state index is 14.3. The van der Waals surface area contributed by atoms with E-state index in [0.717, 1.165) is 23.4 Å². The summed E-state index contributed by atoms with van der Waals surface area (Å²) in [6, 6.07) is 7.83. The van der Waals surface area contributed by atoms with Crippen molar-refractivity contribution < 1.29 is 28.7 Å². The van der Waals surface area contributed by atoms with Gasteiger partial charge in [0, 0.05) is 39.4 Å². The number of likely N-dealkylation sites (tertiary alicyclic amines) is 1. The van der Waals surface area contributed by atoms with Gasteiger partial charge in [-0.25, -0.2) is 4.98 Å². The minimum Gasteiger partial charge on any atom is -0.379 e. The summed E-state index contributed by atoms with van der Waals surface area (Å²) in [5.41, 5.74) is 1.09. The molecule has 0 radical (unpaired) electrons. The zero-order chi connectivity index (χ0) is 41.0. The molecule has 2 aromatic rings. The molecule has 12 nitrogen and oxygen atoms in total. The first-order valence-corrected chi connectivity index (χ1v) is 20.8. The van der Waals surface area contributed by atoms with Crippen molar-refractivity contribution >= 4 is 35.0 Å². The van der Waals surface area contributed by atoms with Crippen LogP contribution in [0.15, 0.2) is 41.9 Å². The molecular formula is C42H68N6O6S. The number of nitrogens with one attached hydrogen (secondary N) is 2. The highest BCUT2D eigenvalue weighted by molar-refractivity contribution is 7.09. The molecule has 0 saturated carbocycles. The summed E-state index contributed by atoms with van der Waals surface area (Å²) in [7, 11) is 8.66. The Bertz CT molecular complexity index is 1480. The van der Waals surface area contributed by atoms with E-state index < -0.39 is 30.2 Å². The van der Waals surface area contributed by atoms with E-state index in [1.165, 1.54) is 11.3 Å². The summed E-state index contributed by atoms with van der Waals surface area (Å²) >= 11 is 1.51. The fourth-order valence-electron chi connectivity index (χ4n) is 8.17. The number of benzene rings is 1. The highest BCUT2D eigenvalue weighted by Crippen LogP contribution is 2.30. The summed E-state index contributed by atoms with van der Waals surface area (Å²) in [5, 5.41) is 9.02. The van der Waals surface area contributed by atoms with Crippen LogP contribution < -0.4 is 10.6 Å². The molecule has 1 aromatic carbocycles. The monoisotopic (exact) mass is 784 g/mol. The van der Waals surface area contributed by atoms with Crippen molar-refractivity contribution in [2.24, 2.45) is 23.7 Å². The molecule has 1 fully saturated rings. The Hall–Kier alpha value is -3.39. The van der Waals surface area contributed by atoms with Crippen molar-refractivity contribution in [2.45, 2.75) is 123 Å². The zero-order valence-electron chi connectivity index (χ0n) is 35.3. The summed E-state index contributed by atoms with van der Waals surface area (Å²) < 4.78 is 12.1. The van der Waals surface area contributed by atoms with Crippen LogP contribution in [-0.2, 0) is 35.1 Å². The van der Waals surface area contributed by atoms with Crippen LogP contribution in [0.25, 0.3) is 0 Å². The highest BCUT2D eigenvalue weighted by Gasteiger charge is 2.43. The lowest BCUT2D eigenvalue weighted by Gasteiger charge is -2.41. The van der Waals surface area contributed by atoms with Crippen LogP contribution >= 0.6 is 11.3 Å². The van der Waals surface area contributed by atoms with Crippen molar-refractivity contribution in [3.05, 3.63) is 52.5 Å². The first kappa shape index (κ1) is 46.0. The van der Waals surface area contributed by atoms with E-state index in [9.17, 15) is 19.2 Å². The van der Waals surface area contributed by atoms with Crippen LogP contribution in [0.2, 0.25) is 0 Å². The highest BCUT2D eigenvalue weighted by atomic mass is 32.1. The quantitative estimate of drug-likeness (QED) is 0.177. The fraction of sp³-hybridized carbons (Fsp3) is 0.690. The first-order chi connectivity index (χ1) is 26.1. The Balaban J connectivity index is 1.79. The average molecular weight is 785 g/mol. The number of carbonyl (C=O) groups is 4. The molecule has 1 aliphatic heterocycles. The molecule has 0 aliphatic carbocycles. The van der Waals surface area contributed by atoms with Crippen molar-refractivity contribution in [1.29, 1.82) is 0 Å². The third-order valence-corrected chi connectivity index (χ3v) is 12.2. The molecule has 0 bridgehead atoms. The lowest BCUT2D eigenvalue weighted by Crippen LogP contribution is -2.59. The van der Waals surface area contributed by atoms with E-state index in [1.54, 1.807) is 32.4 Å². The first-order valence-electron chi connectivity index (χ1n) is 19.9. The van der Waals surface area contributed by atoms with Gasteiger partial charge in [-0.15, -0.1) is 11.3 Å². The lowest BCUT2D eigenvalue weighted by molar-refractivity contribution is -0.148. The van der Waals surface area contributed by atoms with E-state index in [0.29, 0.717) is 19.4 Å². The summed E-state index contributed by atoms with van der Waals surface area (Å²) in [5.74, 6) is -1.35. The number of rotatable bonds is 21. The molecule has 2 N–H and O–H groups in total. The predicted molar refractivity (Wildman–Crippen MR) is 218 cm³/mol. The Labute approximate surface area is 334 Å². The Kier molecular flexibility index (Phi) is 18.2. The molecule has 9 atom stereocenters. The summed E-state index contributed by atoms with van der Waals surface area (Å²) in [4.78, 5) is 65.8. The number of thiazole rings is 1. The minimum atomic E-state index is -0.751. The number of hydrogen-bond donors (Lipinski definition) is 2. The molecular weight excluding hydrogens is 717 g/mol. The van der Waals surface area contributed by atoms with Gasteiger partial charge in [0.15, 0.2) is 0 Å². The number of nitrogens with zero attached hydrogens (tertiary/aromatic N) is 4. The Morgan fingerprint density at radius 2 is 1.62 bits per heavy atom. The molecule has 2 heterocycles. The largest absolute Gasteiger partial charge is 0.379 e. The number of likely N-dealkylation sites (N-methyl/N-ethyl adjacent to an activating group) is 2. The van der Waals surface area contributed by atoms with E-state index in [-0.39, 0.29) is 65.9 Å². The van der Waals surface area contributed by atoms with Gasteiger partial charge in [-0.05, 0) is 56.7 Å². The summed E-state index contributed by atoms with van der Waals surface area (Å²) in [6.45, 7) is 14.3. The number of hydrogen-bond acceptors (Lipinski definition) is 9. The third-order valence-electron chi connectivity index (χ3n) is 11.3. The fourth-order valence-corrected chi connectivity index (χ4v) is 8.86. The normalized spacial score (nSPS) is 19.0. The molecule has 1 aromatic heterocycles. The lowest BCUT2D eigenvalue weighted by atomic mass is 9.89. The zero-order valence-corrected chi connectivity index (χ0v) is 36.1. The van der Waals surface area contributed by atoms with E-state index >= 15 is 0 Å². The van der Waals surface area contributed by atoms with Gasteiger partial charge in [-0.1, -0.05) is 85.2 Å². The van der Waals surface area contributed by atoms with Crippen LogP contribution in [0.5, 0.6) is 0 Å². The number of carbonyl (C=O) groups excluding carboxylic acids is 4. The second-order valence-electron chi connectivity index (χ2n) is 16.1. The average Bonchev–Trinajstić information content (AvgIpc) is 3.87. The molecule has 4 amide bonds. The van der Waals surface area contributed by atoms with Crippen molar-refractivity contribution in [2.75, 3.05) is 41.9 Å². The molecule has 308 valence electrons. The summed E-state index contributed by atoms with van der Waals surface area (Å²) in [6.07, 6.45) is 3.49. The SMILES string of the molecule is CC[C@H](C)C([C@@H](CC(=O)N1CCC[C@H]1C(OC)C(C)C(=O)N[C@@H](Cc1ccccc1)c1nccs1)OC)N(C)C(=O)[C@@H](NC(=O)[C@H](C(C)C)N(C)C)C(C)C. The van der Waals surface area contributed by atoms with Gasteiger partial charge in [0.05, 0.1) is 48.7 Å². The van der Waals surface area contributed by atoms with Crippen LogP contribution in [0.3, 0.4) is 0 Å². The van der Waals surface area contributed by atoms with E-state index in [1.807, 2.05) is 94.2 Å². The van der Waals surface area contributed by atoms with Crippen LogP contribution in [0.4, 0.5) is 0 Å². The second-order valence-corrected chi connectivity index (χ2v) is 17.0. The Morgan fingerprint density at radius 1 is 0.945 bits per heavy atom. The van der Waals surface area contributed by atoms with Crippen molar-refractivity contribution in [3.63, 3.8) is 0 Å². The molecule has 3 rings (SSSR count). The van der Waals surface area contributed by atoms with Gasteiger partial charge in [-0.3, -0.25) is 24.1 Å². The van der Waals surface area contributed by atoms with E-state index in [2.05, 4.69) is 29.5 Å². The molecule has 13 heteroatoms. The number of methoxy groups -OCH3 is 2. The van der Waals surface area contributed by atoms with Crippen molar-refractivity contribution in [3.8, 4) is 0 Å². The minimum absolute atomic E-state index is 0.00751. The maximum absolute atomic E-state index is 14.3. The van der Waals surface area contributed by atoms with Gasteiger partial charge < -0.3 is 29.9 Å². The molecule has 3 unspecified atom stereocenters. The molecule has 1 saturated heterocycles. The van der Waals surface area contributed by atoms with Gasteiger partial charge in [0.2, 0.25) is 23.6 Å². The standard InChI is InChI=1S/C42H68N6O6S/c1-13-28(6)37(47(10)42(52)35(26(2)3)45-40(51)36(27(4)5)46(8)9)33(53-11)25-34(49)48-22-17-20-32(48)38(54-12)29(7)39(50)44-31(41-43-21-23-55-41)24-30-18-15-14-16-19-30/h14-16,18-19,21,23,26-29,31-33,35-38H,13,17,20,22,24-25H2,1-12H3,(H,44,50)(H,45,51)/t28-,29?,31-,32-,33+,35-,36-,37?,38?/m0/s1. The maximum Gasteiger partial charge on any atom is 0.245 e. The second kappa shape index (κ2) is 21.8. The number of amides is 4. The smallest absolute Gasteiger partial charge is 0.245 e. The number of ether oxygens (including phenoxy) is 2. The van der Waals surface area contributed by atoms with E-state index in [4.69, 9.17) is 9.47 Å². The van der Waals surface area contributed by atoms with Gasteiger partial charge in [0.25, 0.3) is 0 Å². The molecule has 1 aliphatic rings. The topological polar surface area (TPSA) is 133 Å². The van der Waals surface area contributed by atoms with Crippen LogP contribution in [0, 0.1) is 23.7 Å². The molecule has 55 heavy (non-hydrogen) atoms. The van der Waals surface area contributed by atoms with Crippen LogP contribution in [0.1, 0.15) is 90.8 Å². The predicted octanol–water partition coefficient (Wildman–Crippen LogP) is 5.19. The van der Waals surface area contributed by atoms with Crippen molar-refractivity contribution in [1.82, 2.24) is 30.3 Å². The van der Waals surface area contributed by atoms with Gasteiger partial charge in [-0.2, -0.15) is 0 Å². The van der Waals surface area contributed by atoms with Gasteiger partial charge >= 0.3 is 0 Å². The molecule has 0 spiro atoms. The van der Waals surface area contributed by atoms with Crippen LogP contribution in [-0.4, -0.2) is 122 Å². The number of aromatic nitrogens is 1. The Morgan fingerprint density at radius 3 is 2.15 bits per heavy atom.